The Morgan fingerprint density at radius 3 is 1.92 bits per heavy atom. The molecule has 2 rings (SSSR count). The third kappa shape index (κ3) is 5.56. The molecule has 0 saturated carbocycles. The Hall–Kier alpha value is -3.46. The molecule has 0 unspecified atom stereocenters. The van der Waals surface area contributed by atoms with E-state index in [0.717, 1.165) is 17.2 Å². The van der Waals surface area contributed by atoms with Gasteiger partial charge in [-0.1, -0.05) is 0 Å². The van der Waals surface area contributed by atoms with Gasteiger partial charge in [-0.2, -0.15) is 5.26 Å². The van der Waals surface area contributed by atoms with E-state index in [1.165, 1.54) is 6.20 Å². The van der Waals surface area contributed by atoms with Crippen LogP contribution in [-0.4, -0.2) is 19.1 Å². The number of amides is 1. The van der Waals surface area contributed by atoms with E-state index >= 15 is 0 Å². The molecule has 0 aliphatic heterocycles. The molecule has 1 amide bonds. The van der Waals surface area contributed by atoms with Crippen LogP contribution in [0.25, 0.3) is 0 Å². The molecule has 0 atom stereocenters. The highest BCUT2D eigenvalue weighted by Crippen LogP contribution is 2.17. The molecule has 0 heterocycles. The predicted octanol–water partition coefficient (Wildman–Crippen LogP) is 3.94. The number of carbonyl (C=O) groups is 1. The highest BCUT2D eigenvalue weighted by molar-refractivity contribution is 6.06. The number of benzene rings is 2. The highest BCUT2D eigenvalue weighted by Gasteiger charge is 2.09. The van der Waals surface area contributed by atoms with Gasteiger partial charge in [0.05, 0.1) is 13.2 Å². The Morgan fingerprint density at radius 2 is 1.46 bits per heavy atom. The van der Waals surface area contributed by atoms with Crippen LogP contribution in [0.15, 0.2) is 60.3 Å². The molecule has 2 N–H and O–H groups in total. The van der Waals surface area contributed by atoms with Gasteiger partial charge in [-0.15, -0.1) is 0 Å². The SMILES string of the molecule is CCOc1ccc(N/C=C(/C#N)C(=O)Nc2ccc(OCC)cc2)cc1. The van der Waals surface area contributed by atoms with Crippen LogP contribution in [0.1, 0.15) is 13.8 Å². The van der Waals surface area contributed by atoms with Crippen LogP contribution in [0, 0.1) is 11.3 Å². The van der Waals surface area contributed by atoms with Gasteiger partial charge in [0.25, 0.3) is 5.91 Å². The zero-order valence-electron chi connectivity index (χ0n) is 14.8. The van der Waals surface area contributed by atoms with E-state index in [2.05, 4.69) is 10.6 Å². The Bertz CT molecular complexity index is 791. The Balaban J connectivity index is 1.98. The number of carbonyl (C=O) groups excluding carboxylic acids is 1. The van der Waals surface area contributed by atoms with Gasteiger partial charge in [-0.25, -0.2) is 0 Å². The first kappa shape index (κ1) is 18.9. The fourth-order valence-electron chi connectivity index (χ4n) is 2.12. The van der Waals surface area contributed by atoms with E-state index < -0.39 is 5.91 Å². The molecule has 0 aromatic heterocycles. The molecular weight excluding hydrogens is 330 g/mol. The number of nitrogens with zero attached hydrogens (tertiary/aromatic N) is 1. The summed E-state index contributed by atoms with van der Waals surface area (Å²) in [6, 6.07) is 16.1. The van der Waals surface area contributed by atoms with Crippen LogP contribution in [0.4, 0.5) is 11.4 Å². The lowest BCUT2D eigenvalue weighted by atomic mass is 10.2. The van der Waals surface area contributed by atoms with Gasteiger partial charge in [0.15, 0.2) is 0 Å². The summed E-state index contributed by atoms with van der Waals surface area (Å²) in [7, 11) is 0. The minimum absolute atomic E-state index is 0.0345. The van der Waals surface area contributed by atoms with E-state index in [1.54, 1.807) is 36.4 Å². The topological polar surface area (TPSA) is 83.4 Å². The quantitative estimate of drug-likeness (QED) is 0.556. The maximum absolute atomic E-state index is 12.2. The molecule has 0 aliphatic rings. The summed E-state index contributed by atoms with van der Waals surface area (Å²) in [5.74, 6) is 0.990. The number of nitrogens with one attached hydrogen (secondary N) is 2. The molecule has 134 valence electrons. The Morgan fingerprint density at radius 1 is 0.962 bits per heavy atom. The van der Waals surface area contributed by atoms with Gasteiger partial charge in [-0.3, -0.25) is 4.79 Å². The molecule has 0 fully saturated rings. The van der Waals surface area contributed by atoms with Crippen LogP contribution in [-0.2, 0) is 4.79 Å². The molecule has 0 saturated heterocycles. The second-order valence-corrected chi connectivity index (χ2v) is 5.18. The van der Waals surface area contributed by atoms with Gasteiger partial charge in [-0.05, 0) is 62.4 Å². The minimum Gasteiger partial charge on any atom is -0.494 e. The summed E-state index contributed by atoms with van der Waals surface area (Å²) in [4.78, 5) is 12.2. The number of rotatable bonds is 8. The van der Waals surface area contributed by atoms with E-state index in [9.17, 15) is 10.1 Å². The molecule has 26 heavy (non-hydrogen) atoms. The summed E-state index contributed by atoms with van der Waals surface area (Å²) in [5, 5.41) is 14.8. The molecular formula is C20H21N3O3. The van der Waals surface area contributed by atoms with Crippen molar-refractivity contribution in [3.8, 4) is 17.6 Å². The zero-order valence-corrected chi connectivity index (χ0v) is 14.8. The lowest BCUT2D eigenvalue weighted by Gasteiger charge is -2.07. The fraction of sp³-hybridized carbons (Fsp3) is 0.200. The van der Waals surface area contributed by atoms with E-state index in [1.807, 2.05) is 32.0 Å². The van der Waals surface area contributed by atoms with Crippen LogP contribution >= 0.6 is 0 Å². The van der Waals surface area contributed by atoms with E-state index in [0.29, 0.717) is 18.9 Å². The predicted molar refractivity (Wildman–Crippen MR) is 101 cm³/mol. The maximum Gasteiger partial charge on any atom is 0.267 e. The molecule has 2 aromatic carbocycles. The molecule has 0 bridgehead atoms. The summed E-state index contributed by atoms with van der Waals surface area (Å²) in [6.45, 7) is 4.98. The second kappa shape index (κ2) is 9.74. The number of anilines is 2. The first-order chi connectivity index (χ1) is 12.7. The van der Waals surface area contributed by atoms with Crippen molar-refractivity contribution >= 4 is 17.3 Å². The standard InChI is InChI=1S/C20H21N3O3/c1-3-25-18-9-5-16(6-10-18)22-14-15(13-21)20(24)23-17-7-11-19(12-8-17)26-4-2/h5-12,14,22H,3-4H2,1-2H3,(H,23,24)/b15-14-. The number of hydrogen-bond acceptors (Lipinski definition) is 5. The van der Waals surface area contributed by atoms with Gasteiger partial charge < -0.3 is 20.1 Å². The number of nitriles is 1. The van der Waals surface area contributed by atoms with E-state index in [-0.39, 0.29) is 5.57 Å². The molecule has 0 spiro atoms. The summed E-state index contributed by atoms with van der Waals surface area (Å²) < 4.78 is 10.7. The molecule has 6 heteroatoms. The Labute approximate surface area is 153 Å². The average molecular weight is 351 g/mol. The van der Waals surface area contributed by atoms with Gasteiger partial charge in [0.1, 0.15) is 23.1 Å². The van der Waals surface area contributed by atoms with Crippen molar-refractivity contribution in [2.24, 2.45) is 0 Å². The maximum atomic E-state index is 12.2. The first-order valence-electron chi connectivity index (χ1n) is 8.30. The van der Waals surface area contributed by atoms with E-state index in [4.69, 9.17) is 9.47 Å². The zero-order chi connectivity index (χ0) is 18.8. The normalized spacial score (nSPS) is 10.6. The third-order valence-corrected chi connectivity index (χ3v) is 3.34. The van der Waals surface area contributed by atoms with Gasteiger partial charge in [0, 0.05) is 17.6 Å². The largest absolute Gasteiger partial charge is 0.494 e. The fourth-order valence-corrected chi connectivity index (χ4v) is 2.12. The van der Waals surface area contributed by atoms with Crippen LogP contribution in [0.3, 0.4) is 0 Å². The van der Waals surface area contributed by atoms with Crippen molar-refractivity contribution in [3.63, 3.8) is 0 Å². The van der Waals surface area contributed by atoms with Crippen molar-refractivity contribution in [2.75, 3.05) is 23.8 Å². The monoisotopic (exact) mass is 351 g/mol. The minimum atomic E-state index is -0.491. The van der Waals surface area contributed by atoms with Crippen molar-refractivity contribution in [3.05, 3.63) is 60.3 Å². The second-order valence-electron chi connectivity index (χ2n) is 5.18. The number of hydrogen-bond donors (Lipinski definition) is 2. The molecule has 0 radical (unpaired) electrons. The summed E-state index contributed by atoms with van der Waals surface area (Å²) >= 11 is 0. The summed E-state index contributed by atoms with van der Waals surface area (Å²) in [5.41, 5.74) is 1.29. The molecule has 0 aliphatic carbocycles. The highest BCUT2D eigenvalue weighted by atomic mass is 16.5. The third-order valence-electron chi connectivity index (χ3n) is 3.34. The number of ether oxygens (including phenoxy) is 2. The van der Waals surface area contributed by atoms with Crippen LogP contribution < -0.4 is 20.1 Å². The van der Waals surface area contributed by atoms with Gasteiger partial charge in [0.2, 0.25) is 0 Å². The van der Waals surface area contributed by atoms with Crippen molar-refractivity contribution in [1.82, 2.24) is 0 Å². The van der Waals surface area contributed by atoms with Crippen molar-refractivity contribution < 1.29 is 14.3 Å². The molecule has 6 nitrogen and oxygen atoms in total. The Kier molecular flexibility index (Phi) is 7.07. The van der Waals surface area contributed by atoms with Crippen LogP contribution in [0.5, 0.6) is 11.5 Å². The smallest absolute Gasteiger partial charge is 0.267 e. The van der Waals surface area contributed by atoms with Gasteiger partial charge >= 0.3 is 0 Å². The lowest BCUT2D eigenvalue weighted by Crippen LogP contribution is -2.14. The van der Waals surface area contributed by atoms with Crippen LogP contribution in [0.2, 0.25) is 0 Å². The van der Waals surface area contributed by atoms with Crippen molar-refractivity contribution in [1.29, 1.82) is 5.26 Å². The average Bonchev–Trinajstić information content (AvgIpc) is 2.65. The molecule has 2 aromatic rings. The van der Waals surface area contributed by atoms with Crippen molar-refractivity contribution in [2.45, 2.75) is 13.8 Å². The first-order valence-corrected chi connectivity index (χ1v) is 8.30. The summed E-state index contributed by atoms with van der Waals surface area (Å²) in [6.07, 6.45) is 1.37. The lowest BCUT2D eigenvalue weighted by molar-refractivity contribution is -0.112.